The minimum absolute atomic E-state index is 0.139. The molecule has 8 heteroatoms. The second-order valence-electron chi connectivity index (χ2n) is 12.3. The molecule has 0 heterocycles. The molecule has 6 nitrogen and oxygen atoms in total. The second kappa shape index (κ2) is 11.9. The van der Waals surface area contributed by atoms with Gasteiger partial charge in [0, 0.05) is 29.7 Å². The van der Waals surface area contributed by atoms with Crippen LogP contribution in [0, 0.1) is 0 Å². The Hall–Kier alpha value is -3.16. The molecule has 0 saturated carbocycles. The third-order valence-corrected chi connectivity index (χ3v) is 11.6. The molecule has 1 amide bonds. The van der Waals surface area contributed by atoms with Crippen LogP contribution in [0.5, 0.6) is 17.2 Å². The number of ether oxygens (including phenoxy) is 1. The predicted octanol–water partition coefficient (Wildman–Crippen LogP) is 9.41. The van der Waals surface area contributed by atoms with E-state index in [2.05, 4.69) is 51.3 Å². The van der Waals surface area contributed by atoms with Crippen molar-refractivity contribution in [2.45, 2.75) is 78.3 Å². The molecule has 3 aromatic rings. The smallest absolute Gasteiger partial charge is 0.408 e. The zero-order valence-corrected chi connectivity index (χ0v) is 26.0. The van der Waals surface area contributed by atoms with Crippen LogP contribution in [-0.2, 0) is 13.1 Å². The largest absolute Gasteiger partial charge is 0.544 e. The molecule has 0 aliphatic rings. The first-order chi connectivity index (χ1) is 18.0. The van der Waals surface area contributed by atoms with Gasteiger partial charge in [0.1, 0.15) is 11.5 Å². The SMILES string of the molecule is CC(C)(C)N(Cc1cccc(Oc2cc(Cl)ccc2NCc2ccc(O[Si](C)(C)C(C)(C)C)cc2)c1)C(=O)O. The molecule has 0 atom stereocenters. The van der Waals surface area contributed by atoms with E-state index in [1.807, 2.05) is 69.3 Å². The number of nitrogens with zero attached hydrogens (tertiary/aromatic N) is 1. The molecular weight excluding hydrogens is 528 g/mol. The van der Waals surface area contributed by atoms with Gasteiger partial charge in [-0.25, -0.2) is 4.79 Å². The second-order valence-corrected chi connectivity index (χ2v) is 17.5. The standard InChI is InChI=1S/C31H41ClN2O4Si/c1-30(2,3)34(29(35)36)21-23-10-9-11-26(18-23)37-28-19-24(32)14-17-27(28)33-20-22-12-15-25(16-13-22)38-39(7,8)31(4,5)6/h9-19,33H,20-21H2,1-8H3,(H,35,36). The van der Waals surface area contributed by atoms with Crippen LogP contribution >= 0.6 is 11.6 Å². The van der Waals surface area contributed by atoms with E-state index in [0.717, 1.165) is 22.6 Å². The van der Waals surface area contributed by atoms with Crippen molar-refractivity contribution in [3.63, 3.8) is 0 Å². The lowest BCUT2D eigenvalue weighted by atomic mass is 10.1. The number of nitrogens with one attached hydrogen (secondary N) is 1. The minimum atomic E-state index is -1.89. The van der Waals surface area contributed by atoms with E-state index in [-0.39, 0.29) is 11.6 Å². The zero-order chi connectivity index (χ0) is 29.0. The summed E-state index contributed by atoms with van der Waals surface area (Å²) in [6.45, 7) is 17.7. The molecular formula is C31H41ClN2O4Si. The molecule has 3 aromatic carbocycles. The van der Waals surface area contributed by atoms with Gasteiger partial charge in [-0.1, -0.05) is 56.6 Å². The number of benzene rings is 3. The first-order valence-electron chi connectivity index (χ1n) is 13.1. The van der Waals surface area contributed by atoms with E-state index >= 15 is 0 Å². The summed E-state index contributed by atoms with van der Waals surface area (Å²) >= 11 is 6.30. The number of amides is 1. The van der Waals surface area contributed by atoms with Gasteiger partial charge in [0.05, 0.1) is 5.69 Å². The molecule has 0 saturated heterocycles. The monoisotopic (exact) mass is 568 g/mol. The third-order valence-electron chi connectivity index (χ3n) is 7.04. The number of halogens is 1. The topological polar surface area (TPSA) is 71.0 Å². The fourth-order valence-corrected chi connectivity index (χ4v) is 4.85. The summed E-state index contributed by atoms with van der Waals surface area (Å²) < 4.78 is 12.6. The van der Waals surface area contributed by atoms with Crippen molar-refractivity contribution in [2.75, 3.05) is 5.32 Å². The lowest BCUT2D eigenvalue weighted by Gasteiger charge is -2.36. The first kappa shape index (κ1) is 30.4. The van der Waals surface area contributed by atoms with Crippen LogP contribution in [0.25, 0.3) is 0 Å². The Bertz CT molecular complexity index is 1280. The van der Waals surface area contributed by atoms with Gasteiger partial charge in [-0.2, -0.15) is 0 Å². The van der Waals surface area contributed by atoms with Crippen molar-refractivity contribution in [3.05, 3.63) is 82.9 Å². The summed E-state index contributed by atoms with van der Waals surface area (Å²) in [6.07, 6.45) is -0.963. The number of hydrogen-bond donors (Lipinski definition) is 2. The summed E-state index contributed by atoms with van der Waals surface area (Å²) in [5, 5.41) is 13.8. The molecule has 0 fully saturated rings. The van der Waals surface area contributed by atoms with Gasteiger partial charge in [0.2, 0.25) is 8.32 Å². The molecule has 39 heavy (non-hydrogen) atoms. The van der Waals surface area contributed by atoms with E-state index in [1.165, 1.54) is 4.90 Å². The Kier molecular flexibility index (Phi) is 9.29. The molecule has 3 rings (SSSR count). The van der Waals surface area contributed by atoms with Crippen molar-refractivity contribution in [1.82, 2.24) is 4.90 Å². The number of anilines is 1. The summed E-state index contributed by atoms with van der Waals surface area (Å²) in [4.78, 5) is 13.2. The van der Waals surface area contributed by atoms with Crippen LogP contribution < -0.4 is 14.5 Å². The van der Waals surface area contributed by atoms with Crippen LogP contribution in [0.2, 0.25) is 23.2 Å². The molecule has 0 spiro atoms. The van der Waals surface area contributed by atoms with Crippen molar-refractivity contribution in [3.8, 4) is 17.2 Å². The number of carboxylic acid groups (broad SMARTS) is 1. The van der Waals surface area contributed by atoms with Gasteiger partial charge in [-0.15, -0.1) is 0 Å². The lowest BCUT2D eigenvalue weighted by molar-refractivity contribution is 0.0955. The Morgan fingerprint density at radius 2 is 1.59 bits per heavy atom. The quantitative estimate of drug-likeness (QED) is 0.251. The maximum absolute atomic E-state index is 11.8. The van der Waals surface area contributed by atoms with Gasteiger partial charge < -0.3 is 19.6 Å². The van der Waals surface area contributed by atoms with Gasteiger partial charge in [-0.05, 0) is 86.4 Å². The molecule has 2 N–H and O–H groups in total. The average Bonchev–Trinajstić information content (AvgIpc) is 2.81. The minimum Gasteiger partial charge on any atom is -0.544 e. The molecule has 0 unspecified atom stereocenters. The number of hydrogen-bond acceptors (Lipinski definition) is 4. The highest BCUT2D eigenvalue weighted by molar-refractivity contribution is 6.74. The molecule has 210 valence electrons. The fraction of sp³-hybridized carbons (Fsp3) is 0.387. The highest BCUT2D eigenvalue weighted by Crippen LogP contribution is 2.37. The fourth-order valence-electron chi connectivity index (χ4n) is 3.66. The van der Waals surface area contributed by atoms with E-state index in [9.17, 15) is 9.90 Å². The van der Waals surface area contributed by atoms with E-state index in [0.29, 0.717) is 23.1 Å². The Morgan fingerprint density at radius 1 is 0.923 bits per heavy atom. The molecule has 0 aromatic heterocycles. The Morgan fingerprint density at radius 3 is 2.18 bits per heavy atom. The summed E-state index contributed by atoms with van der Waals surface area (Å²) in [6, 6.07) is 21.1. The first-order valence-corrected chi connectivity index (χ1v) is 16.4. The lowest BCUT2D eigenvalue weighted by Crippen LogP contribution is -2.44. The van der Waals surface area contributed by atoms with Crippen molar-refractivity contribution < 1.29 is 19.1 Å². The van der Waals surface area contributed by atoms with Crippen LogP contribution in [-0.4, -0.2) is 30.0 Å². The van der Waals surface area contributed by atoms with Crippen molar-refractivity contribution in [1.29, 1.82) is 0 Å². The summed E-state index contributed by atoms with van der Waals surface area (Å²) in [5.41, 5.74) is 2.22. The van der Waals surface area contributed by atoms with E-state index in [4.69, 9.17) is 20.8 Å². The molecule has 0 aliphatic heterocycles. The highest BCUT2D eigenvalue weighted by Gasteiger charge is 2.38. The molecule has 0 radical (unpaired) electrons. The summed E-state index contributed by atoms with van der Waals surface area (Å²) in [5.74, 6) is 2.08. The maximum atomic E-state index is 11.8. The van der Waals surface area contributed by atoms with E-state index < -0.39 is 19.9 Å². The third kappa shape index (κ3) is 8.41. The van der Waals surface area contributed by atoms with Gasteiger partial charge >= 0.3 is 6.09 Å². The summed E-state index contributed by atoms with van der Waals surface area (Å²) in [7, 11) is -1.89. The van der Waals surface area contributed by atoms with Crippen LogP contribution in [0.3, 0.4) is 0 Å². The maximum Gasteiger partial charge on any atom is 0.408 e. The average molecular weight is 569 g/mol. The van der Waals surface area contributed by atoms with Crippen LogP contribution in [0.1, 0.15) is 52.7 Å². The molecule has 0 bridgehead atoms. The van der Waals surface area contributed by atoms with E-state index in [1.54, 1.807) is 6.07 Å². The number of carbonyl (C=O) groups is 1. The zero-order valence-electron chi connectivity index (χ0n) is 24.3. The van der Waals surface area contributed by atoms with Crippen LogP contribution in [0.4, 0.5) is 10.5 Å². The van der Waals surface area contributed by atoms with Gasteiger partial charge in [0.25, 0.3) is 0 Å². The Balaban J connectivity index is 1.72. The predicted molar refractivity (Wildman–Crippen MR) is 163 cm³/mol. The number of rotatable bonds is 9. The van der Waals surface area contributed by atoms with Crippen LogP contribution in [0.15, 0.2) is 66.7 Å². The van der Waals surface area contributed by atoms with Gasteiger partial charge in [-0.3, -0.25) is 4.90 Å². The van der Waals surface area contributed by atoms with Gasteiger partial charge in [0.15, 0.2) is 5.75 Å². The van der Waals surface area contributed by atoms with Crippen molar-refractivity contribution >= 4 is 31.7 Å². The molecule has 0 aliphatic carbocycles. The van der Waals surface area contributed by atoms with Crippen molar-refractivity contribution in [2.24, 2.45) is 0 Å². The normalized spacial score (nSPS) is 12.1. The Labute approximate surface area is 239 Å². The highest BCUT2D eigenvalue weighted by atomic mass is 35.5.